The van der Waals surface area contributed by atoms with Gasteiger partial charge in [-0.1, -0.05) is 57.4 Å². The van der Waals surface area contributed by atoms with E-state index in [0.717, 1.165) is 80.4 Å². The molecule has 4 rings (SSSR count). The first kappa shape index (κ1) is 37.4. The second-order valence-electron chi connectivity index (χ2n) is 14.9. The quantitative estimate of drug-likeness (QED) is 0.218. The first-order valence-corrected chi connectivity index (χ1v) is 18.4. The summed E-state index contributed by atoms with van der Waals surface area (Å²) < 4.78 is 0. The normalized spacial score (nSPS) is 22.9. The topological polar surface area (TPSA) is 85.0 Å². The van der Waals surface area contributed by atoms with E-state index in [1.807, 2.05) is 13.0 Å². The SMILES string of the molecule is CCCCCCN1C(=O)C(CNC(=O)c2cc(-c3ccc(CN(C)C)cc3)cc(N(C)[C@H]3CC[C@H](NC(C)=O)CC3)c2C)C(C)CC1C. The predicted octanol–water partition coefficient (Wildman–Crippen LogP) is 6.79. The first-order chi connectivity index (χ1) is 22.9. The van der Waals surface area contributed by atoms with E-state index in [4.69, 9.17) is 0 Å². The van der Waals surface area contributed by atoms with Crippen LogP contribution in [0.5, 0.6) is 0 Å². The minimum atomic E-state index is -0.218. The summed E-state index contributed by atoms with van der Waals surface area (Å²) in [4.78, 5) is 46.0. The molecular formula is C40H61N5O3. The lowest BCUT2D eigenvalue weighted by molar-refractivity contribution is -0.144. The molecule has 2 fully saturated rings. The van der Waals surface area contributed by atoms with Crippen molar-refractivity contribution in [1.29, 1.82) is 0 Å². The summed E-state index contributed by atoms with van der Waals surface area (Å²) >= 11 is 0. The highest BCUT2D eigenvalue weighted by Gasteiger charge is 2.38. The first-order valence-electron chi connectivity index (χ1n) is 18.4. The molecule has 1 aliphatic carbocycles. The van der Waals surface area contributed by atoms with Gasteiger partial charge < -0.3 is 25.3 Å². The third-order valence-electron chi connectivity index (χ3n) is 10.7. The summed E-state index contributed by atoms with van der Waals surface area (Å²) in [5.74, 6) is 0.0700. The number of likely N-dealkylation sites (tertiary alicyclic amines) is 1. The van der Waals surface area contributed by atoms with Gasteiger partial charge in [0.05, 0.1) is 5.92 Å². The molecule has 1 heterocycles. The van der Waals surface area contributed by atoms with Gasteiger partial charge in [0.15, 0.2) is 0 Å². The molecule has 8 nitrogen and oxygen atoms in total. The number of nitrogens with one attached hydrogen (secondary N) is 2. The fourth-order valence-corrected chi connectivity index (χ4v) is 7.86. The van der Waals surface area contributed by atoms with E-state index < -0.39 is 0 Å². The van der Waals surface area contributed by atoms with Gasteiger partial charge in [-0.2, -0.15) is 0 Å². The van der Waals surface area contributed by atoms with Crippen LogP contribution in [0.4, 0.5) is 5.69 Å². The average Bonchev–Trinajstić information content (AvgIpc) is 3.04. The van der Waals surface area contributed by atoms with E-state index in [1.165, 1.54) is 18.4 Å². The Bertz CT molecular complexity index is 1380. The zero-order valence-electron chi connectivity index (χ0n) is 30.9. The van der Waals surface area contributed by atoms with Crippen molar-refractivity contribution in [2.45, 2.75) is 117 Å². The van der Waals surface area contributed by atoms with Gasteiger partial charge in [-0.25, -0.2) is 0 Å². The number of nitrogens with zero attached hydrogens (tertiary/aromatic N) is 3. The van der Waals surface area contributed by atoms with Crippen molar-refractivity contribution in [2.75, 3.05) is 39.1 Å². The van der Waals surface area contributed by atoms with Crippen LogP contribution in [0, 0.1) is 18.8 Å². The number of piperidine rings is 1. The van der Waals surface area contributed by atoms with Crippen LogP contribution in [0.2, 0.25) is 0 Å². The Morgan fingerprint density at radius 3 is 2.25 bits per heavy atom. The molecule has 1 aliphatic heterocycles. The summed E-state index contributed by atoms with van der Waals surface area (Å²) in [6.07, 6.45) is 9.33. The molecule has 8 heteroatoms. The van der Waals surface area contributed by atoms with Crippen LogP contribution in [0.25, 0.3) is 11.1 Å². The van der Waals surface area contributed by atoms with Gasteiger partial charge >= 0.3 is 0 Å². The number of hydrogen-bond acceptors (Lipinski definition) is 5. The third-order valence-corrected chi connectivity index (χ3v) is 10.7. The number of amides is 3. The van der Waals surface area contributed by atoms with Crippen LogP contribution in [0.3, 0.4) is 0 Å². The largest absolute Gasteiger partial charge is 0.371 e. The highest BCUT2D eigenvalue weighted by molar-refractivity contribution is 5.99. The zero-order valence-corrected chi connectivity index (χ0v) is 30.9. The lowest BCUT2D eigenvalue weighted by Crippen LogP contribution is -2.53. The van der Waals surface area contributed by atoms with Gasteiger partial charge in [0, 0.05) is 63.0 Å². The average molecular weight is 660 g/mol. The molecule has 48 heavy (non-hydrogen) atoms. The Balaban J connectivity index is 1.57. The van der Waals surface area contributed by atoms with Gasteiger partial charge in [0.2, 0.25) is 11.8 Å². The predicted molar refractivity (Wildman–Crippen MR) is 197 cm³/mol. The van der Waals surface area contributed by atoms with Crippen LogP contribution in [-0.4, -0.2) is 79.9 Å². The molecule has 0 bridgehead atoms. The van der Waals surface area contributed by atoms with E-state index in [2.05, 4.69) is 97.6 Å². The lowest BCUT2D eigenvalue weighted by atomic mass is 9.82. The Kier molecular flexibility index (Phi) is 13.5. The van der Waals surface area contributed by atoms with Gasteiger partial charge in [0.1, 0.15) is 0 Å². The number of rotatable bonds is 14. The minimum Gasteiger partial charge on any atom is -0.371 e. The summed E-state index contributed by atoms with van der Waals surface area (Å²) in [5.41, 5.74) is 5.96. The molecule has 3 amide bonds. The van der Waals surface area contributed by atoms with Crippen molar-refractivity contribution in [3.63, 3.8) is 0 Å². The number of unbranched alkanes of at least 4 members (excludes halogenated alkanes) is 3. The molecule has 1 saturated carbocycles. The smallest absolute Gasteiger partial charge is 0.251 e. The molecule has 2 aliphatic rings. The Morgan fingerprint density at radius 1 is 0.938 bits per heavy atom. The molecule has 0 radical (unpaired) electrons. The summed E-state index contributed by atoms with van der Waals surface area (Å²) in [7, 11) is 6.27. The van der Waals surface area contributed by atoms with Crippen LogP contribution >= 0.6 is 0 Å². The molecule has 0 spiro atoms. The molecule has 2 aromatic carbocycles. The second kappa shape index (κ2) is 17.3. The van der Waals surface area contributed by atoms with Gasteiger partial charge in [-0.05, 0) is 107 Å². The van der Waals surface area contributed by atoms with Crippen molar-refractivity contribution in [2.24, 2.45) is 11.8 Å². The van der Waals surface area contributed by atoms with E-state index in [0.29, 0.717) is 18.2 Å². The fourth-order valence-electron chi connectivity index (χ4n) is 7.86. The Labute approximate surface area is 290 Å². The summed E-state index contributed by atoms with van der Waals surface area (Å²) in [6, 6.07) is 13.6. The van der Waals surface area contributed by atoms with Crippen LogP contribution in [-0.2, 0) is 16.1 Å². The van der Waals surface area contributed by atoms with Gasteiger partial charge in [-0.3, -0.25) is 14.4 Å². The molecular weight excluding hydrogens is 598 g/mol. The molecule has 3 atom stereocenters. The molecule has 2 aromatic rings. The van der Waals surface area contributed by atoms with Gasteiger partial charge in [0.25, 0.3) is 5.91 Å². The second-order valence-corrected chi connectivity index (χ2v) is 14.9. The van der Waals surface area contributed by atoms with Crippen molar-refractivity contribution >= 4 is 23.4 Å². The van der Waals surface area contributed by atoms with E-state index in [1.54, 1.807) is 6.92 Å². The van der Waals surface area contributed by atoms with Crippen LogP contribution in [0.1, 0.15) is 107 Å². The Hall–Kier alpha value is -3.39. The molecule has 0 aromatic heterocycles. The van der Waals surface area contributed by atoms with E-state index in [-0.39, 0.29) is 41.6 Å². The van der Waals surface area contributed by atoms with Gasteiger partial charge in [-0.15, -0.1) is 0 Å². The zero-order chi connectivity index (χ0) is 35.0. The highest BCUT2D eigenvalue weighted by atomic mass is 16.2. The van der Waals surface area contributed by atoms with Crippen LogP contribution in [0.15, 0.2) is 36.4 Å². The Morgan fingerprint density at radius 2 is 1.62 bits per heavy atom. The standard InChI is InChI=1S/C40H61N5O3/c1-9-10-11-12-21-45-28(3)22-27(2)37(40(45)48)25-41-39(47)36-23-33(32-15-13-31(14-16-32)26-43(6)7)24-38(29(36)4)44(8)35-19-17-34(18-20-35)42-30(5)46/h13-16,23-24,27-28,34-35,37H,9-12,17-22,25-26H2,1-8H3,(H,41,47)(H,42,46)/t27?,28?,34-,35-,37?. The molecule has 2 N–H and O–H groups in total. The molecule has 3 unspecified atom stereocenters. The number of carbonyl (C=O) groups is 3. The highest BCUT2D eigenvalue weighted by Crippen LogP contribution is 2.35. The van der Waals surface area contributed by atoms with Crippen molar-refractivity contribution < 1.29 is 14.4 Å². The number of hydrogen-bond donors (Lipinski definition) is 2. The number of anilines is 1. The molecule has 264 valence electrons. The van der Waals surface area contributed by atoms with Crippen molar-refractivity contribution in [1.82, 2.24) is 20.4 Å². The van der Waals surface area contributed by atoms with Crippen molar-refractivity contribution in [3.8, 4) is 11.1 Å². The molecule has 1 saturated heterocycles. The maximum atomic E-state index is 14.1. The minimum absolute atomic E-state index is 0.0288. The summed E-state index contributed by atoms with van der Waals surface area (Å²) in [5, 5.41) is 6.30. The maximum Gasteiger partial charge on any atom is 0.251 e. The third kappa shape index (κ3) is 9.61. The van der Waals surface area contributed by atoms with Crippen LogP contribution < -0.4 is 15.5 Å². The maximum absolute atomic E-state index is 14.1. The monoisotopic (exact) mass is 659 g/mol. The van der Waals surface area contributed by atoms with E-state index >= 15 is 0 Å². The number of benzene rings is 2. The van der Waals surface area contributed by atoms with Crippen molar-refractivity contribution in [3.05, 3.63) is 53.1 Å². The summed E-state index contributed by atoms with van der Waals surface area (Å²) in [6.45, 7) is 12.2. The lowest BCUT2D eigenvalue weighted by Gasteiger charge is -2.41. The fraction of sp³-hybridized carbons (Fsp3) is 0.625. The number of carbonyl (C=O) groups excluding carboxylic acids is 3. The van der Waals surface area contributed by atoms with E-state index in [9.17, 15) is 14.4 Å².